The lowest BCUT2D eigenvalue weighted by atomic mass is 10.0. The number of nitrogens with one attached hydrogen (secondary N) is 1. The van der Waals surface area contributed by atoms with Gasteiger partial charge in [-0.25, -0.2) is 4.98 Å². The molecule has 0 saturated carbocycles. The third kappa shape index (κ3) is 5.16. The summed E-state index contributed by atoms with van der Waals surface area (Å²) >= 11 is 7.37. The molecule has 0 bridgehead atoms. The highest BCUT2D eigenvalue weighted by molar-refractivity contribution is 7.98. The lowest BCUT2D eigenvalue weighted by molar-refractivity contribution is 0.274. The largest absolute Gasteiger partial charge is 0.478 e. The first-order valence-corrected chi connectivity index (χ1v) is 8.33. The molecule has 0 aliphatic carbocycles. The minimum absolute atomic E-state index is 0.434. The molecule has 106 valence electrons. The molecule has 1 atom stereocenters. The van der Waals surface area contributed by atoms with E-state index in [1.807, 2.05) is 6.26 Å². The van der Waals surface area contributed by atoms with Crippen LogP contribution in [0.25, 0.3) is 0 Å². The highest BCUT2D eigenvalue weighted by atomic mass is 35.5. The second-order valence-corrected chi connectivity index (χ2v) is 5.81. The molecule has 6 heteroatoms. The van der Waals surface area contributed by atoms with Gasteiger partial charge in [0.15, 0.2) is 5.16 Å². The molecule has 0 spiro atoms. The van der Waals surface area contributed by atoms with Crippen molar-refractivity contribution in [3.8, 4) is 5.88 Å². The topological polar surface area (TPSA) is 47.0 Å². The van der Waals surface area contributed by atoms with Gasteiger partial charge in [0.25, 0.3) is 0 Å². The summed E-state index contributed by atoms with van der Waals surface area (Å²) in [5.41, 5.74) is 0. The van der Waals surface area contributed by atoms with Crippen molar-refractivity contribution in [2.24, 2.45) is 0 Å². The summed E-state index contributed by atoms with van der Waals surface area (Å²) in [6.07, 6.45) is 8.06. The number of hydrogen-bond donors (Lipinski definition) is 1. The molecule has 2 rings (SSSR count). The second kappa shape index (κ2) is 7.92. The standard InChI is InChI=1S/C13H20ClN3OS/c1-19-13-16-11(14)9-12(17-13)18-8-4-6-10-5-2-3-7-15-10/h9-10,15H,2-8H2,1H3. The Hall–Kier alpha value is -0.520. The van der Waals surface area contributed by atoms with Gasteiger partial charge in [-0.15, -0.1) is 0 Å². The maximum absolute atomic E-state index is 5.91. The summed E-state index contributed by atoms with van der Waals surface area (Å²) in [7, 11) is 0. The molecule has 0 aromatic carbocycles. The van der Waals surface area contributed by atoms with Crippen LogP contribution in [0.2, 0.25) is 5.15 Å². The molecule has 1 fully saturated rings. The van der Waals surface area contributed by atoms with Gasteiger partial charge in [-0.3, -0.25) is 0 Å². The normalized spacial score (nSPS) is 19.4. The zero-order valence-corrected chi connectivity index (χ0v) is 12.8. The van der Waals surface area contributed by atoms with Crippen LogP contribution >= 0.6 is 23.4 Å². The predicted molar refractivity (Wildman–Crippen MR) is 79.2 cm³/mol. The van der Waals surface area contributed by atoms with Gasteiger partial charge in [-0.2, -0.15) is 4.98 Å². The first-order valence-electron chi connectivity index (χ1n) is 6.72. The van der Waals surface area contributed by atoms with E-state index in [1.165, 1.54) is 31.0 Å². The van der Waals surface area contributed by atoms with E-state index in [4.69, 9.17) is 16.3 Å². The van der Waals surface area contributed by atoms with E-state index in [-0.39, 0.29) is 0 Å². The molecule has 0 amide bonds. The van der Waals surface area contributed by atoms with Crippen molar-refractivity contribution < 1.29 is 4.74 Å². The lowest BCUT2D eigenvalue weighted by Crippen LogP contribution is -2.34. The Morgan fingerprint density at radius 2 is 2.37 bits per heavy atom. The Labute approximate surface area is 123 Å². The highest BCUT2D eigenvalue weighted by Crippen LogP contribution is 2.19. The van der Waals surface area contributed by atoms with Crippen LogP contribution in [0.4, 0.5) is 0 Å². The smallest absolute Gasteiger partial charge is 0.218 e. The van der Waals surface area contributed by atoms with Crippen molar-refractivity contribution in [2.45, 2.75) is 43.3 Å². The van der Waals surface area contributed by atoms with Gasteiger partial charge >= 0.3 is 0 Å². The SMILES string of the molecule is CSc1nc(Cl)cc(OCCCC2CCCCN2)n1. The molecule has 1 aromatic heterocycles. The molecule has 1 aromatic rings. The van der Waals surface area contributed by atoms with Crippen LogP contribution in [0.1, 0.15) is 32.1 Å². The summed E-state index contributed by atoms with van der Waals surface area (Å²) in [4.78, 5) is 8.35. The lowest BCUT2D eigenvalue weighted by Gasteiger charge is -2.23. The fourth-order valence-corrected chi connectivity index (χ4v) is 2.81. The van der Waals surface area contributed by atoms with Gasteiger partial charge in [0.05, 0.1) is 6.61 Å². The van der Waals surface area contributed by atoms with Crippen molar-refractivity contribution >= 4 is 23.4 Å². The van der Waals surface area contributed by atoms with Crippen LogP contribution in [-0.2, 0) is 0 Å². The van der Waals surface area contributed by atoms with Crippen molar-refractivity contribution in [1.29, 1.82) is 0 Å². The zero-order chi connectivity index (χ0) is 13.5. The number of piperidine rings is 1. The first kappa shape index (κ1) is 14.9. The zero-order valence-electron chi connectivity index (χ0n) is 11.2. The second-order valence-electron chi connectivity index (χ2n) is 4.65. The van der Waals surface area contributed by atoms with Crippen molar-refractivity contribution in [2.75, 3.05) is 19.4 Å². The molecule has 19 heavy (non-hydrogen) atoms. The Morgan fingerprint density at radius 3 is 3.11 bits per heavy atom. The van der Waals surface area contributed by atoms with Gasteiger partial charge in [0, 0.05) is 12.1 Å². The molecule has 2 heterocycles. The molecule has 1 aliphatic rings. The van der Waals surface area contributed by atoms with Gasteiger partial charge in [-0.05, 0) is 38.5 Å². The minimum Gasteiger partial charge on any atom is -0.478 e. The fraction of sp³-hybridized carbons (Fsp3) is 0.692. The molecule has 0 radical (unpaired) electrons. The monoisotopic (exact) mass is 301 g/mol. The van der Waals surface area contributed by atoms with Crippen molar-refractivity contribution in [3.05, 3.63) is 11.2 Å². The van der Waals surface area contributed by atoms with Gasteiger partial charge < -0.3 is 10.1 Å². The summed E-state index contributed by atoms with van der Waals surface area (Å²) < 4.78 is 5.64. The average molecular weight is 302 g/mol. The van der Waals surface area contributed by atoms with E-state index in [0.29, 0.717) is 28.8 Å². The summed E-state index contributed by atoms with van der Waals surface area (Å²) in [6, 6.07) is 2.33. The quantitative estimate of drug-likeness (QED) is 0.378. The van der Waals surface area contributed by atoms with E-state index >= 15 is 0 Å². The van der Waals surface area contributed by atoms with Crippen LogP contribution in [0.15, 0.2) is 11.2 Å². The average Bonchev–Trinajstić information content (AvgIpc) is 2.44. The number of thioether (sulfide) groups is 1. The molecule has 1 saturated heterocycles. The van der Waals surface area contributed by atoms with E-state index < -0.39 is 0 Å². The summed E-state index contributed by atoms with van der Waals surface area (Å²) in [5, 5.41) is 4.62. The van der Waals surface area contributed by atoms with E-state index in [9.17, 15) is 0 Å². The van der Waals surface area contributed by atoms with Crippen LogP contribution in [0, 0.1) is 0 Å². The number of nitrogens with zero attached hydrogens (tertiary/aromatic N) is 2. The Morgan fingerprint density at radius 1 is 1.47 bits per heavy atom. The molecular formula is C13H20ClN3OS. The van der Waals surface area contributed by atoms with Crippen molar-refractivity contribution in [1.82, 2.24) is 15.3 Å². The number of hydrogen-bond acceptors (Lipinski definition) is 5. The molecular weight excluding hydrogens is 282 g/mol. The highest BCUT2D eigenvalue weighted by Gasteiger charge is 2.11. The molecule has 1 unspecified atom stereocenters. The van der Waals surface area contributed by atoms with Gasteiger partial charge in [-0.1, -0.05) is 29.8 Å². The molecule has 4 nitrogen and oxygen atoms in total. The van der Waals surface area contributed by atoms with Crippen molar-refractivity contribution in [3.63, 3.8) is 0 Å². The number of aromatic nitrogens is 2. The summed E-state index contributed by atoms with van der Waals surface area (Å²) in [5.74, 6) is 0.570. The van der Waals surface area contributed by atoms with Crippen LogP contribution in [-0.4, -0.2) is 35.4 Å². The Kier molecular flexibility index (Phi) is 6.20. The van der Waals surface area contributed by atoms with E-state index in [1.54, 1.807) is 6.07 Å². The maximum Gasteiger partial charge on any atom is 0.218 e. The van der Waals surface area contributed by atoms with Crippen LogP contribution < -0.4 is 10.1 Å². The minimum atomic E-state index is 0.434. The maximum atomic E-state index is 5.91. The predicted octanol–water partition coefficient (Wildman–Crippen LogP) is 3.15. The van der Waals surface area contributed by atoms with Gasteiger partial charge in [0.2, 0.25) is 5.88 Å². The number of halogens is 1. The van der Waals surface area contributed by atoms with Crippen LogP contribution in [0.5, 0.6) is 5.88 Å². The Bertz CT molecular complexity index is 399. The molecule has 1 aliphatic heterocycles. The number of ether oxygens (including phenoxy) is 1. The number of rotatable bonds is 6. The third-order valence-corrected chi connectivity index (χ3v) is 3.93. The molecule has 1 N–H and O–H groups in total. The summed E-state index contributed by atoms with van der Waals surface area (Å²) in [6.45, 7) is 1.84. The van der Waals surface area contributed by atoms with E-state index in [0.717, 1.165) is 19.4 Å². The first-order chi connectivity index (χ1) is 9.28. The van der Waals surface area contributed by atoms with Crippen LogP contribution in [0.3, 0.4) is 0 Å². The van der Waals surface area contributed by atoms with Gasteiger partial charge in [0.1, 0.15) is 5.15 Å². The Balaban J connectivity index is 1.71. The third-order valence-electron chi connectivity index (χ3n) is 3.19. The van der Waals surface area contributed by atoms with E-state index in [2.05, 4.69) is 15.3 Å². The fourth-order valence-electron chi connectivity index (χ4n) is 2.22.